The van der Waals surface area contributed by atoms with Crippen LogP contribution in [-0.2, 0) is 9.53 Å². The number of rotatable bonds is 7. The summed E-state index contributed by atoms with van der Waals surface area (Å²) in [6.45, 7) is 0.00845. The van der Waals surface area contributed by atoms with Crippen molar-refractivity contribution in [2.24, 2.45) is 5.92 Å². The maximum atomic E-state index is 12.0. The molecule has 3 fully saturated rings. The number of aliphatic hydroxyl groups excluding tert-OH is 1. The van der Waals surface area contributed by atoms with Crippen molar-refractivity contribution >= 4 is 27.5 Å². The molecule has 1 saturated carbocycles. The summed E-state index contributed by atoms with van der Waals surface area (Å²) in [6, 6.07) is 0.0410. The van der Waals surface area contributed by atoms with E-state index in [4.69, 9.17) is 4.74 Å². The third-order valence-corrected chi connectivity index (χ3v) is 7.41. The molecule has 3 rings (SSSR count). The summed E-state index contributed by atoms with van der Waals surface area (Å²) in [4.78, 5) is 12.0. The molecule has 4 nitrogen and oxygen atoms in total. The molecule has 2 saturated heterocycles. The first-order valence-electron chi connectivity index (χ1n) is 7.62. The number of carbonyl (C=O) groups is 1. The Hall–Kier alpha value is 0.0900. The molecule has 2 N–H and O–H groups in total. The van der Waals surface area contributed by atoms with E-state index in [2.05, 4.69) is 5.32 Å². The molecule has 0 bridgehead atoms. The molecule has 0 spiro atoms. The standard InChI is InChI=1S/C14H23NO3S2/c16-8-12-14(10-7-11(10)18-12)15-13(17)4-2-1-3-9-5-6-19-20-9/h9-12,14,16H,1-8H2,(H,15,17)/t9?,10?,11-,12+,14+/m0/s1. The van der Waals surface area contributed by atoms with Crippen LogP contribution in [0.15, 0.2) is 0 Å². The Bertz CT molecular complexity index is 349. The van der Waals surface area contributed by atoms with E-state index in [1.54, 1.807) is 0 Å². The molecular weight excluding hydrogens is 294 g/mol. The van der Waals surface area contributed by atoms with Gasteiger partial charge in [-0.05, 0) is 25.7 Å². The highest BCUT2D eigenvalue weighted by molar-refractivity contribution is 8.77. The molecule has 1 amide bonds. The molecule has 2 unspecified atom stereocenters. The van der Waals surface area contributed by atoms with Gasteiger partial charge >= 0.3 is 0 Å². The molecule has 20 heavy (non-hydrogen) atoms. The van der Waals surface area contributed by atoms with Crippen LogP contribution in [0, 0.1) is 5.92 Å². The third-order valence-electron chi connectivity index (χ3n) is 4.41. The second kappa shape index (κ2) is 6.90. The number of aliphatic hydroxyl groups is 1. The molecule has 5 atom stereocenters. The first-order valence-corrected chi connectivity index (χ1v) is 10.00. The van der Waals surface area contributed by atoms with Crippen molar-refractivity contribution in [1.82, 2.24) is 5.32 Å². The van der Waals surface area contributed by atoms with Gasteiger partial charge in [-0.25, -0.2) is 0 Å². The number of carbonyl (C=O) groups excluding carboxylic acids is 1. The van der Waals surface area contributed by atoms with Gasteiger partial charge in [-0.1, -0.05) is 28.0 Å². The average molecular weight is 317 g/mol. The lowest BCUT2D eigenvalue weighted by Crippen LogP contribution is -2.44. The number of fused-ring (bicyclic) bond motifs is 1. The van der Waals surface area contributed by atoms with Gasteiger partial charge in [0, 0.05) is 23.3 Å². The van der Waals surface area contributed by atoms with Gasteiger partial charge < -0.3 is 15.2 Å². The minimum Gasteiger partial charge on any atom is -0.394 e. The van der Waals surface area contributed by atoms with E-state index in [-0.39, 0.29) is 30.8 Å². The molecule has 0 radical (unpaired) electrons. The van der Waals surface area contributed by atoms with Crippen molar-refractivity contribution in [3.63, 3.8) is 0 Å². The zero-order valence-corrected chi connectivity index (χ0v) is 13.3. The second-order valence-corrected chi connectivity index (χ2v) is 8.75. The van der Waals surface area contributed by atoms with Crippen molar-refractivity contribution < 1.29 is 14.6 Å². The highest BCUT2D eigenvalue weighted by Gasteiger charge is 2.55. The SMILES string of the molecule is O=C(CCCCC1CCSS1)N[C@@H]1C2C[C@@H]2O[C@@H]1CO. The quantitative estimate of drug-likeness (QED) is 0.555. The summed E-state index contributed by atoms with van der Waals surface area (Å²) in [5, 5.41) is 13.1. The van der Waals surface area contributed by atoms with Gasteiger partial charge in [0.2, 0.25) is 5.91 Å². The Kier molecular flexibility index (Phi) is 5.18. The Morgan fingerprint density at radius 2 is 2.30 bits per heavy atom. The lowest BCUT2D eigenvalue weighted by Gasteiger charge is -2.21. The Balaban J connectivity index is 1.31. The molecule has 6 heteroatoms. The predicted octanol–water partition coefficient (Wildman–Crippen LogP) is 1.96. The molecule has 114 valence electrons. The monoisotopic (exact) mass is 317 g/mol. The minimum atomic E-state index is -0.186. The van der Waals surface area contributed by atoms with E-state index in [1.165, 1.54) is 18.6 Å². The molecular formula is C14H23NO3S2. The fourth-order valence-electron chi connectivity index (χ4n) is 3.15. The van der Waals surface area contributed by atoms with Gasteiger partial charge in [0.25, 0.3) is 0 Å². The van der Waals surface area contributed by atoms with Crippen LogP contribution in [0.2, 0.25) is 0 Å². The highest BCUT2D eigenvalue weighted by Crippen LogP contribution is 2.45. The van der Waals surface area contributed by atoms with Crippen LogP contribution in [0.3, 0.4) is 0 Å². The zero-order valence-electron chi connectivity index (χ0n) is 11.6. The number of hydrogen-bond donors (Lipinski definition) is 2. The van der Waals surface area contributed by atoms with E-state index in [0.29, 0.717) is 12.3 Å². The Labute approximate surface area is 128 Å². The summed E-state index contributed by atoms with van der Waals surface area (Å²) in [6.07, 6.45) is 6.42. The molecule has 2 aliphatic heterocycles. The average Bonchev–Trinajstić information content (AvgIpc) is 2.86. The summed E-state index contributed by atoms with van der Waals surface area (Å²) in [7, 11) is 3.98. The second-order valence-electron chi connectivity index (χ2n) is 5.96. The molecule has 0 aromatic heterocycles. The van der Waals surface area contributed by atoms with Crippen LogP contribution in [0.4, 0.5) is 0 Å². The van der Waals surface area contributed by atoms with Crippen LogP contribution in [-0.4, -0.2) is 46.9 Å². The fraction of sp³-hybridized carbons (Fsp3) is 0.929. The number of nitrogens with one attached hydrogen (secondary N) is 1. The maximum absolute atomic E-state index is 12.0. The fourth-order valence-corrected chi connectivity index (χ4v) is 6.17. The molecule has 0 aromatic rings. The van der Waals surface area contributed by atoms with Crippen molar-refractivity contribution in [3.05, 3.63) is 0 Å². The molecule has 1 aliphatic carbocycles. The van der Waals surface area contributed by atoms with Gasteiger partial charge in [-0.2, -0.15) is 0 Å². The zero-order chi connectivity index (χ0) is 13.9. The van der Waals surface area contributed by atoms with Gasteiger partial charge in [0.15, 0.2) is 0 Å². The Morgan fingerprint density at radius 3 is 3.05 bits per heavy atom. The number of unbranched alkanes of at least 4 members (excludes halogenated alkanes) is 1. The van der Waals surface area contributed by atoms with E-state index >= 15 is 0 Å². The van der Waals surface area contributed by atoms with E-state index in [0.717, 1.165) is 24.5 Å². The summed E-state index contributed by atoms with van der Waals surface area (Å²) in [5.41, 5.74) is 0. The van der Waals surface area contributed by atoms with Gasteiger partial charge in [0.05, 0.1) is 18.8 Å². The number of hydrogen-bond acceptors (Lipinski definition) is 5. The summed E-state index contributed by atoms with van der Waals surface area (Å²) < 4.78 is 5.62. The predicted molar refractivity (Wildman–Crippen MR) is 82.7 cm³/mol. The normalized spacial score (nSPS) is 38.8. The maximum Gasteiger partial charge on any atom is 0.220 e. The highest BCUT2D eigenvalue weighted by atomic mass is 33.1. The van der Waals surface area contributed by atoms with Crippen molar-refractivity contribution in [3.8, 4) is 0 Å². The Morgan fingerprint density at radius 1 is 1.40 bits per heavy atom. The first-order chi connectivity index (χ1) is 9.78. The van der Waals surface area contributed by atoms with Crippen molar-refractivity contribution in [1.29, 1.82) is 0 Å². The summed E-state index contributed by atoms with van der Waals surface area (Å²) in [5.74, 6) is 1.85. The first kappa shape index (κ1) is 15.0. The van der Waals surface area contributed by atoms with Gasteiger partial charge in [-0.15, -0.1) is 0 Å². The topological polar surface area (TPSA) is 58.6 Å². The summed E-state index contributed by atoms with van der Waals surface area (Å²) >= 11 is 0. The van der Waals surface area contributed by atoms with Crippen LogP contribution < -0.4 is 5.32 Å². The smallest absolute Gasteiger partial charge is 0.220 e. The van der Waals surface area contributed by atoms with E-state index < -0.39 is 0 Å². The van der Waals surface area contributed by atoms with Crippen LogP contribution in [0.5, 0.6) is 0 Å². The van der Waals surface area contributed by atoms with Crippen LogP contribution in [0.25, 0.3) is 0 Å². The number of amides is 1. The molecule has 0 aromatic carbocycles. The van der Waals surface area contributed by atoms with E-state index in [9.17, 15) is 9.90 Å². The van der Waals surface area contributed by atoms with Crippen molar-refractivity contribution in [2.45, 2.75) is 62.0 Å². The number of ether oxygens (including phenoxy) is 1. The van der Waals surface area contributed by atoms with Gasteiger partial charge in [-0.3, -0.25) is 4.79 Å². The van der Waals surface area contributed by atoms with Crippen molar-refractivity contribution in [2.75, 3.05) is 12.4 Å². The third kappa shape index (κ3) is 3.64. The van der Waals surface area contributed by atoms with Crippen LogP contribution in [0.1, 0.15) is 38.5 Å². The van der Waals surface area contributed by atoms with Crippen LogP contribution >= 0.6 is 21.6 Å². The van der Waals surface area contributed by atoms with Gasteiger partial charge in [0.1, 0.15) is 6.10 Å². The molecule has 2 heterocycles. The lowest BCUT2D eigenvalue weighted by molar-refractivity contribution is -0.122. The van der Waals surface area contributed by atoms with E-state index in [1.807, 2.05) is 21.6 Å². The largest absolute Gasteiger partial charge is 0.394 e. The lowest BCUT2D eigenvalue weighted by atomic mass is 10.1. The molecule has 3 aliphatic rings. The minimum absolute atomic E-state index is 0.00845.